The quantitative estimate of drug-likeness (QED) is 0.0355. The minimum Gasteiger partial charge on any atom is -0.726 e. The molecule has 0 unspecified atom stereocenters. The zero-order valence-corrected chi connectivity index (χ0v) is 39.4. The Morgan fingerprint density at radius 3 is 1.09 bits per heavy atom. The largest absolute Gasteiger partial charge is 0.726 e. The van der Waals surface area contributed by atoms with Crippen molar-refractivity contribution in [3.05, 3.63) is 4.85 Å². The number of hydrogen-bond donors (Lipinski definition) is 2. The minimum atomic E-state index is -4.42. The van der Waals surface area contributed by atoms with Crippen molar-refractivity contribution in [1.29, 1.82) is 0 Å². The molecule has 2 amide bonds. The molecule has 0 saturated carbocycles. The molecule has 344 valence electrons. The molecule has 0 aliphatic carbocycles. The maximum Gasteiger partial charge on any atom is 0.274 e. The first-order chi connectivity index (χ1) is 28.2. The number of carbonyl (C=O) groups is 2. The van der Waals surface area contributed by atoms with Gasteiger partial charge in [0.25, 0.3) is 12.6 Å². The summed E-state index contributed by atoms with van der Waals surface area (Å²) in [5.41, 5.74) is 0. The van der Waals surface area contributed by atoms with E-state index in [2.05, 4.69) is 44.5 Å². The van der Waals surface area contributed by atoms with Crippen LogP contribution in [0.25, 0.3) is 4.85 Å². The highest BCUT2D eigenvalue weighted by atomic mass is 32.3. The molecule has 10 nitrogen and oxygen atoms in total. The number of amides is 2. The van der Waals surface area contributed by atoms with Crippen LogP contribution in [0.1, 0.15) is 240 Å². The Morgan fingerprint density at radius 1 is 0.517 bits per heavy atom. The highest BCUT2D eigenvalue weighted by Crippen LogP contribution is 2.15. The van der Waals surface area contributed by atoms with Gasteiger partial charge in [0.1, 0.15) is 0 Å². The molecule has 0 aliphatic rings. The van der Waals surface area contributed by atoms with E-state index >= 15 is 0 Å². The van der Waals surface area contributed by atoms with Gasteiger partial charge in [-0.3, -0.25) is 18.7 Å². The molecule has 0 fully saturated rings. The third kappa shape index (κ3) is 52.3. The van der Waals surface area contributed by atoms with E-state index in [1.165, 1.54) is 174 Å². The van der Waals surface area contributed by atoms with E-state index in [0.717, 1.165) is 58.3 Å². The molecule has 0 aliphatic heterocycles. The first kappa shape index (κ1) is 58.4. The molecule has 0 spiro atoms. The number of carbonyl (C=O) groups excluding carboxylic acids is 2. The summed E-state index contributed by atoms with van der Waals surface area (Å²) in [6.45, 7) is 12.4. The van der Waals surface area contributed by atoms with Crippen LogP contribution in [0.5, 0.6) is 0 Å². The lowest BCUT2D eigenvalue weighted by Gasteiger charge is -2.21. The lowest BCUT2D eigenvalue weighted by Crippen LogP contribution is -2.40. The van der Waals surface area contributed by atoms with Crippen molar-refractivity contribution in [3.63, 3.8) is 0 Å². The predicted octanol–water partition coefficient (Wildman–Crippen LogP) is 12.3. The Hall–Kier alpha value is -1.74. The van der Waals surface area contributed by atoms with Gasteiger partial charge in [-0.2, -0.15) is 0 Å². The first-order valence-electron chi connectivity index (χ1n) is 24.4. The van der Waals surface area contributed by atoms with Crippen LogP contribution in [0.15, 0.2) is 0 Å². The van der Waals surface area contributed by atoms with E-state index in [0.29, 0.717) is 25.9 Å². The van der Waals surface area contributed by atoms with E-state index in [-0.39, 0.29) is 18.4 Å². The van der Waals surface area contributed by atoms with Crippen LogP contribution < -0.4 is 10.6 Å². The Labute approximate surface area is 359 Å². The summed E-state index contributed by atoms with van der Waals surface area (Å²) in [7, 11) is -4.42. The third-order valence-electron chi connectivity index (χ3n) is 10.6. The fraction of sp³-hybridized carbons (Fsp3) is 0.936. The van der Waals surface area contributed by atoms with Crippen molar-refractivity contribution >= 4 is 22.2 Å². The second-order valence-electron chi connectivity index (χ2n) is 16.1. The highest BCUT2D eigenvalue weighted by molar-refractivity contribution is 7.80. The molecule has 0 radical (unpaired) electrons. The van der Waals surface area contributed by atoms with Gasteiger partial charge in [-0.05, 0) is 19.8 Å². The third-order valence-corrected chi connectivity index (χ3v) is 11.1. The Balaban J connectivity index is 0. The van der Waals surface area contributed by atoms with E-state index in [9.17, 15) is 22.6 Å². The Bertz CT molecular complexity index is 998. The molecule has 0 saturated heterocycles. The maximum absolute atomic E-state index is 12.4. The molecular weight excluding hydrogens is 749 g/mol. The van der Waals surface area contributed by atoms with Crippen molar-refractivity contribution in [2.45, 2.75) is 240 Å². The molecule has 0 atom stereocenters. The smallest absolute Gasteiger partial charge is 0.274 e. The van der Waals surface area contributed by atoms with E-state index in [1.807, 2.05) is 6.92 Å². The number of nitrogens with zero attached hydrogens (tertiary/aromatic N) is 2. The fourth-order valence-corrected chi connectivity index (χ4v) is 7.36. The summed E-state index contributed by atoms with van der Waals surface area (Å²) in [5, 5.41) is 6.25. The molecule has 0 bridgehead atoms. The van der Waals surface area contributed by atoms with Gasteiger partial charge < -0.3 is 15.2 Å². The second-order valence-corrected chi connectivity index (χ2v) is 17.2. The molecule has 0 aromatic heterocycles. The first-order valence-corrected chi connectivity index (χ1v) is 25.8. The number of rotatable bonds is 42. The van der Waals surface area contributed by atoms with Crippen molar-refractivity contribution in [2.24, 2.45) is 0 Å². The second kappa shape index (κ2) is 47.9. The minimum absolute atomic E-state index is 0.0914. The van der Waals surface area contributed by atoms with Crippen LogP contribution in [0, 0.1) is 6.07 Å². The predicted molar refractivity (Wildman–Crippen MR) is 245 cm³/mol. The van der Waals surface area contributed by atoms with Crippen LogP contribution in [0.4, 0.5) is 0 Å². The van der Waals surface area contributed by atoms with Crippen LogP contribution in [0.3, 0.4) is 0 Å². The van der Waals surface area contributed by atoms with E-state index in [1.54, 1.807) is 0 Å². The number of nitrogens with one attached hydrogen (secondary N) is 2. The average Bonchev–Trinajstić information content (AvgIpc) is 3.19. The lowest BCUT2D eigenvalue weighted by atomic mass is 10.0. The van der Waals surface area contributed by atoms with Crippen LogP contribution in [0.2, 0.25) is 0 Å². The van der Waals surface area contributed by atoms with Crippen molar-refractivity contribution in [2.75, 3.05) is 45.9 Å². The highest BCUT2D eigenvalue weighted by Gasteiger charge is 2.09. The average molecular weight is 843 g/mol. The van der Waals surface area contributed by atoms with Crippen LogP contribution >= 0.6 is 0 Å². The summed E-state index contributed by atoms with van der Waals surface area (Å²) in [6, 6.07) is 3.12. The number of unbranched alkanes of at least 4 members (excludes halogenated alkanes) is 28. The van der Waals surface area contributed by atoms with Gasteiger partial charge in [0.05, 0.1) is 13.0 Å². The van der Waals surface area contributed by atoms with Gasteiger partial charge in [-0.1, -0.05) is 198 Å². The van der Waals surface area contributed by atoms with Gasteiger partial charge in [0.2, 0.25) is 22.2 Å². The van der Waals surface area contributed by atoms with Gasteiger partial charge in [0, 0.05) is 52.5 Å². The summed E-state index contributed by atoms with van der Waals surface area (Å²) in [6.07, 6.45) is 42.2. The topological polar surface area (TPSA) is 132 Å². The molecular formula is C47H94N4O6S. The summed E-state index contributed by atoms with van der Waals surface area (Å²) in [5.74, 6) is 0.334. The molecule has 58 heavy (non-hydrogen) atoms. The van der Waals surface area contributed by atoms with Crippen molar-refractivity contribution < 1.29 is 26.7 Å². The molecule has 0 heterocycles. The summed E-state index contributed by atoms with van der Waals surface area (Å²) in [4.78, 5) is 31.4. The number of hydrogen-bond acceptors (Lipinski definition) is 7. The Kier molecular flexibility index (Phi) is 48.2. The summed E-state index contributed by atoms with van der Waals surface area (Å²) < 4.78 is 32.0. The van der Waals surface area contributed by atoms with Crippen molar-refractivity contribution in [3.8, 4) is 6.07 Å². The monoisotopic (exact) mass is 843 g/mol. The fourth-order valence-electron chi connectivity index (χ4n) is 7.08. The Morgan fingerprint density at radius 2 is 0.828 bits per heavy atom. The van der Waals surface area contributed by atoms with Crippen LogP contribution in [-0.4, -0.2) is 75.6 Å². The van der Waals surface area contributed by atoms with Crippen molar-refractivity contribution in [1.82, 2.24) is 15.5 Å². The van der Waals surface area contributed by atoms with E-state index < -0.39 is 10.4 Å². The maximum atomic E-state index is 12.4. The molecule has 2 N–H and O–H groups in total. The van der Waals surface area contributed by atoms with Gasteiger partial charge in [-0.15, -0.1) is 0 Å². The normalized spacial score (nSPS) is 11.2. The lowest BCUT2D eigenvalue weighted by molar-refractivity contribution is -0.121. The van der Waals surface area contributed by atoms with Gasteiger partial charge in [-0.25, -0.2) is 8.42 Å². The summed E-state index contributed by atoms with van der Waals surface area (Å²) >= 11 is 0. The molecule has 0 aromatic carbocycles. The molecule has 11 heteroatoms. The van der Waals surface area contributed by atoms with Gasteiger partial charge in [0.15, 0.2) is 0 Å². The zero-order chi connectivity index (χ0) is 43.1. The zero-order valence-electron chi connectivity index (χ0n) is 38.5. The SMILES string of the molecule is CCCCCCCCCCCCCCCCCC(=O)NCCN(CCC#[N+]CC)CCNC(=O)CCCCCCCCCCCCCCCCC.CCOS(=O)(=O)[O-]. The van der Waals surface area contributed by atoms with Crippen LogP contribution in [-0.2, 0) is 24.2 Å². The molecule has 0 rings (SSSR count). The van der Waals surface area contributed by atoms with Gasteiger partial charge >= 0.3 is 0 Å². The van der Waals surface area contributed by atoms with E-state index in [4.69, 9.17) is 0 Å². The molecule has 0 aromatic rings. The standard InChI is InChI=1S/C45H88N4O2.C2H6O4S/c1-4-7-9-11-13-15-17-19-21-23-25-27-29-31-33-36-44(50)47-39-42-49(41-35-38-46-6-3)43-40-48-45(51)37-34-32-30-28-26-24-22-20-18-16-14-12-10-8-5-2;1-2-6-7(3,4)5/h4-37,39-43H2,1-3H3,(H-,47,48,50,51);2H2,1H3,(H,3,4,5).